The number of anilines is 1. The van der Waals surface area contributed by atoms with Crippen LogP contribution in [0.3, 0.4) is 0 Å². The number of fused-ring (bicyclic) bond motifs is 3. The minimum absolute atomic E-state index is 0.0216. The van der Waals surface area contributed by atoms with Gasteiger partial charge in [-0.15, -0.1) is 11.3 Å². The molecule has 0 spiro atoms. The van der Waals surface area contributed by atoms with Gasteiger partial charge in [0.1, 0.15) is 17.2 Å². The van der Waals surface area contributed by atoms with E-state index in [0.29, 0.717) is 11.7 Å². The molecule has 2 aromatic heterocycles. The molecule has 0 saturated heterocycles. The average molecular weight is 424 g/mol. The summed E-state index contributed by atoms with van der Waals surface area (Å²) < 4.78 is 1.51. The quantitative estimate of drug-likeness (QED) is 0.615. The van der Waals surface area contributed by atoms with Crippen LogP contribution in [0.15, 0.2) is 29.1 Å². The molecule has 30 heavy (non-hydrogen) atoms. The van der Waals surface area contributed by atoms with E-state index in [1.807, 2.05) is 12.1 Å². The van der Waals surface area contributed by atoms with Gasteiger partial charge in [-0.2, -0.15) is 0 Å². The van der Waals surface area contributed by atoms with Gasteiger partial charge in [0.05, 0.1) is 5.39 Å². The highest BCUT2D eigenvalue weighted by atomic mass is 32.1. The summed E-state index contributed by atoms with van der Waals surface area (Å²) in [7, 11) is 0. The van der Waals surface area contributed by atoms with E-state index in [2.05, 4.69) is 36.3 Å². The molecule has 1 aromatic carbocycles. The molecule has 4 rings (SSSR count). The number of aryl methyl sites for hydroxylation is 3. The molecule has 0 fully saturated rings. The van der Waals surface area contributed by atoms with Gasteiger partial charge in [-0.3, -0.25) is 14.2 Å². The largest absolute Gasteiger partial charge is 0.325 e. The summed E-state index contributed by atoms with van der Waals surface area (Å²) in [6.45, 7) is 6.21. The summed E-state index contributed by atoms with van der Waals surface area (Å²) in [6.07, 6.45) is 6.41. The van der Waals surface area contributed by atoms with Crippen molar-refractivity contribution < 1.29 is 4.79 Å². The number of carbonyl (C=O) groups is 1. The van der Waals surface area contributed by atoms with E-state index in [0.717, 1.165) is 60.0 Å². The maximum Gasteiger partial charge on any atom is 0.263 e. The third-order valence-corrected chi connectivity index (χ3v) is 7.11. The fourth-order valence-corrected chi connectivity index (χ4v) is 5.61. The first-order chi connectivity index (χ1) is 14.5. The number of rotatable bonds is 6. The molecule has 0 radical (unpaired) electrons. The van der Waals surface area contributed by atoms with Crippen LogP contribution in [0, 0.1) is 12.8 Å². The van der Waals surface area contributed by atoms with Gasteiger partial charge in [-0.25, -0.2) is 4.98 Å². The standard InChI is InChI=1S/C24H29N3O2S/c1-4-5-6-17-8-10-18(11-9-17)26-21(28)14-27-16(3)25-23-22(24(27)29)19-12-7-15(2)13-20(19)30-23/h8-11,15H,4-7,12-14H2,1-3H3,(H,26,28). The van der Waals surface area contributed by atoms with Crippen LogP contribution >= 0.6 is 11.3 Å². The van der Waals surface area contributed by atoms with Gasteiger partial charge in [0.15, 0.2) is 0 Å². The van der Waals surface area contributed by atoms with Crippen molar-refractivity contribution in [3.05, 3.63) is 56.4 Å². The number of thiophene rings is 1. The minimum atomic E-state index is -0.208. The van der Waals surface area contributed by atoms with Crippen molar-refractivity contribution in [1.29, 1.82) is 0 Å². The lowest BCUT2D eigenvalue weighted by molar-refractivity contribution is -0.116. The zero-order valence-corrected chi connectivity index (χ0v) is 18.8. The lowest BCUT2D eigenvalue weighted by atomic mass is 9.89. The molecule has 1 aliphatic carbocycles. The Morgan fingerprint density at radius 2 is 2.07 bits per heavy atom. The number of amides is 1. The molecule has 0 bridgehead atoms. The molecule has 1 unspecified atom stereocenters. The lowest BCUT2D eigenvalue weighted by Crippen LogP contribution is -2.30. The van der Waals surface area contributed by atoms with E-state index >= 15 is 0 Å². The van der Waals surface area contributed by atoms with Crippen molar-refractivity contribution in [3.63, 3.8) is 0 Å². The predicted octanol–water partition coefficient (Wildman–Crippen LogP) is 4.87. The summed E-state index contributed by atoms with van der Waals surface area (Å²) in [5.74, 6) is 1.03. The van der Waals surface area contributed by atoms with Crippen LogP contribution in [-0.2, 0) is 30.6 Å². The Bertz CT molecular complexity index is 1130. The molecule has 158 valence electrons. The summed E-state index contributed by atoms with van der Waals surface area (Å²) >= 11 is 1.64. The number of aromatic nitrogens is 2. The molecule has 5 nitrogen and oxygen atoms in total. The first-order valence-electron chi connectivity index (χ1n) is 10.9. The maximum atomic E-state index is 13.2. The SMILES string of the molecule is CCCCc1ccc(NC(=O)Cn2c(C)nc3sc4c(c3c2=O)CCC(C)C4)cc1. The van der Waals surface area contributed by atoms with Gasteiger partial charge < -0.3 is 5.32 Å². The smallest absolute Gasteiger partial charge is 0.263 e. The van der Waals surface area contributed by atoms with Crippen molar-refractivity contribution in [3.8, 4) is 0 Å². The number of benzene rings is 1. The molecule has 1 aliphatic rings. The van der Waals surface area contributed by atoms with E-state index in [4.69, 9.17) is 0 Å². The monoisotopic (exact) mass is 423 g/mol. The first kappa shape index (κ1) is 20.8. The Morgan fingerprint density at radius 1 is 1.30 bits per heavy atom. The van der Waals surface area contributed by atoms with Crippen LogP contribution in [-0.4, -0.2) is 15.5 Å². The normalized spacial score (nSPS) is 15.9. The number of hydrogen-bond acceptors (Lipinski definition) is 4. The second-order valence-electron chi connectivity index (χ2n) is 8.43. The highest BCUT2D eigenvalue weighted by molar-refractivity contribution is 7.18. The van der Waals surface area contributed by atoms with E-state index in [-0.39, 0.29) is 18.0 Å². The molecule has 6 heteroatoms. The highest BCUT2D eigenvalue weighted by Crippen LogP contribution is 2.35. The number of nitrogens with zero attached hydrogens (tertiary/aromatic N) is 2. The van der Waals surface area contributed by atoms with E-state index in [1.54, 1.807) is 18.3 Å². The van der Waals surface area contributed by atoms with E-state index in [9.17, 15) is 9.59 Å². The Balaban J connectivity index is 1.54. The summed E-state index contributed by atoms with van der Waals surface area (Å²) in [6, 6.07) is 7.96. The van der Waals surface area contributed by atoms with Crippen molar-refractivity contribution in [1.82, 2.24) is 9.55 Å². The molecule has 0 saturated carbocycles. The van der Waals surface area contributed by atoms with Gasteiger partial charge in [0.2, 0.25) is 5.91 Å². The molecule has 1 N–H and O–H groups in total. The molecule has 3 aromatic rings. The van der Waals surface area contributed by atoms with E-state index < -0.39 is 0 Å². The van der Waals surface area contributed by atoms with Crippen LogP contribution in [0.25, 0.3) is 10.2 Å². The van der Waals surface area contributed by atoms with Crippen LogP contribution in [0.4, 0.5) is 5.69 Å². The van der Waals surface area contributed by atoms with Gasteiger partial charge in [0, 0.05) is 10.6 Å². The number of nitrogens with one attached hydrogen (secondary N) is 1. The third kappa shape index (κ3) is 4.19. The Labute approximate surface area is 181 Å². The maximum absolute atomic E-state index is 13.2. The zero-order valence-electron chi connectivity index (χ0n) is 18.0. The Morgan fingerprint density at radius 3 is 2.80 bits per heavy atom. The third-order valence-electron chi connectivity index (χ3n) is 5.96. The first-order valence-corrected chi connectivity index (χ1v) is 11.7. The van der Waals surface area contributed by atoms with E-state index in [1.165, 1.54) is 15.0 Å². The minimum Gasteiger partial charge on any atom is -0.325 e. The fraction of sp³-hybridized carbons (Fsp3) is 0.458. The molecule has 2 heterocycles. The molecular weight excluding hydrogens is 394 g/mol. The Hall–Kier alpha value is -2.47. The molecule has 0 aliphatic heterocycles. The van der Waals surface area contributed by atoms with Crippen LogP contribution in [0.1, 0.15) is 54.9 Å². The second-order valence-corrected chi connectivity index (χ2v) is 9.51. The predicted molar refractivity (Wildman–Crippen MR) is 123 cm³/mol. The summed E-state index contributed by atoms with van der Waals surface area (Å²) in [5, 5.41) is 3.64. The van der Waals surface area contributed by atoms with Crippen LogP contribution in [0.5, 0.6) is 0 Å². The van der Waals surface area contributed by atoms with Crippen LogP contribution < -0.4 is 10.9 Å². The number of hydrogen-bond donors (Lipinski definition) is 1. The van der Waals surface area contributed by atoms with Gasteiger partial charge in [-0.1, -0.05) is 32.4 Å². The highest BCUT2D eigenvalue weighted by Gasteiger charge is 2.24. The molecule has 1 atom stereocenters. The second kappa shape index (κ2) is 8.72. The van der Waals surface area contributed by atoms with Crippen molar-refractivity contribution in [2.75, 3.05) is 5.32 Å². The fourth-order valence-electron chi connectivity index (χ4n) is 4.19. The zero-order chi connectivity index (χ0) is 21.3. The Kier molecular flexibility index (Phi) is 6.04. The van der Waals surface area contributed by atoms with Crippen molar-refractivity contribution in [2.24, 2.45) is 5.92 Å². The topological polar surface area (TPSA) is 64.0 Å². The molecule has 1 amide bonds. The summed E-state index contributed by atoms with van der Waals surface area (Å²) in [5.41, 5.74) is 3.09. The lowest BCUT2D eigenvalue weighted by Gasteiger charge is -2.17. The number of carbonyl (C=O) groups excluding carboxylic acids is 1. The average Bonchev–Trinajstić information content (AvgIpc) is 3.07. The van der Waals surface area contributed by atoms with Crippen molar-refractivity contribution >= 4 is 33.1 Å². The summed E-state index contributed by atoms with van der Waals surface area (Å²) in [4.78, 5) is 32.7. The number of unbranched alkanes of at least 4 members (excludes halogenated alkanes) is 1. The van der Waals surface area contributed by atoms with Crippen molar-refractivity contribution in [2.45, 2.75) is 65.8 Å². The van der Waals surface area contributed by atoms with Gasteiger partial charge >= 0.3 is 0 Å². The van der Waals surface area contributed by atoms with Crippen LogP contribution in [0.2, 0.25) is 0 Å². The molecular formula is C24H29N3O2S. The van der Waals surface area contributed by atoms with Gasteiger partial charge in [-0.05, 0) is 68.2 Å². The van der Waals surface area contributed by atoms with Gasteiger partial charge in [0.25, 0.3) is 5.56 Å².